The average Bonchev–Trinajstić information content (AvgIpc) is 2.91. The molecule has 2 rings (SSSR count). The van der Waals surface area contributed by atoms with E-state index in [0.29, 0.717) is 0 Å². The number of anilines is 2. The molecule has 0 bridgehead atoms. The van der Waals surface area contributed by atoms with Crippen molar-refractivity contribution in [3.63, 3.8) is 0 Å². The number of hydrogen-bond acceptors (Lipinski definition) is 6. The Morgan fingerprint density at radius 3 is 0.975 bits per heavy atom. The van der Waals surface area contributed by atoms with E-state index in [9.17, 15) is 0 Å². The summed E-state index contributed by atoms with van der Waals surface area (Å²) < 4.78 is 1.42. The zero-order valence-corrected chi connectivity index (χ0v) is 30.5. The van der Waals surface area contributed by atoms with Gasteiger partial charge in [0.05, 0.1) is 26.2 Å². The summed E-state index contributed by atoms with van der Waals surface area (Å²) in [6.45, 7) is 15.0. The molecule has 0 aliphatic heterocycles. The number of benzene rings is 2. The molecule has 0 aliphatic rings. The van der Waals surface area contributed by atoms with Gasteiger partial charge in [0, 0.05) is 39.6 Å². The minimum Gasteiger partial charge on any atom is -0.781 e. The summed E-state index contributed by atoms with van der Waals surface area (Å²) in [6.07, 6.45) is 11.1. The van der Waals surface area contributed by atoms with Crippen LogP contribution in [0.1, 0.15) is 79.1 Å². The predicted molar refractivity (Wildman–Crippen MR) is 183 cm³/mol. The fraction of sp³-hybridized carbons (Fsp3) is 0.625. The Balaban J connectivity index is 0. The van der Waals surface area contributed by atoms with Crippen molar-refractivity contribution in [2.24, 2.45) is 0 Å². The summed E-state index contributed by atoms with van der Waals surface area (Å²) in [5, 5.41) is 0. The van der Waals surface area contributed by atoms with E-state index >= 15 is 0 Å². The van der Waals surface area contributed by atoms with Crippen molar-refractivity contribution in [3.05, 3.63) is 36.4 Å². The second-order valence-corrected chi connectivity index (χ2v) is 12.5. The van der Waals surface area contributed by atoms with Crippen LogP contribution in [0.2, 0.25) is 0 Å². The zero-order valence-electron chi connectivity index (χ0n) is 26.2. The van der Waals surface area contributed by atoms with Crippen LogP contribution in [0, 0.1) is 0 Å². The largest absolute Gasteiger partial charge is 3.00 e. The van der Waals surface area contributed by atoms with Gasteiger partial charge in [0.25, 0.3) is 0 Å². The maximum absolute atomic E-state index is 5.03. The number of rotatable bonds is 14. The Hall–Kier alpha value is -0.626. The Morgan fingerprint density at radius 1 is 0.500 bits per heavy atom. The summed E-state index contributed by atoms with van der Waals surface area (Å²) in [5.41, 5.74) is 2.20. The monoisotopic (exact) mass is 666 g/mol. The van der Waals surface area contributed by atoms with Gasteiger partial charge in [-0.05, 0) is 37.8 Å². The number of quaternary nitrogens is 1. The molecule has 0 heterocycles. The van der Waals surface area contributed by atoms with E-state index in [2.05, 4.69) is 27.7 Å². The fourth-order valence-electron chi connectivity index (χ4n) is 4.19. The summed E-state index contributed by atoms with van der Waals surface area (Å²) in [6, 6.07) is 11.5. The molecule has 0 aromatic heterocycles. The maximum Gasteiger partial charge on any atom is 3.00 e. The Bertz CT molecular complexity index is 817. The topological polar surface area (TPSA) is 6.48 Å². The molecule has 2 aromatic rings. The standard InChI is InChI=1S/C16H36N.2C8H11NS2.Ni/c1-5-9-13-17(14-10-6-2,15-11-7-3)16-12-8-4;2*1-9(2)6-3-4-7(10)8(11)5-6;/h5-16H2,1-4H3;2*3-5,10-11H,1-2H3;/q+1;;;+3/p-4. The van der Waals surface area contributed by atoms with Gasteiger partial charge < -0.3 is 64.8 Å². The van der Waals surface area contributed by atoms with Crippen molar-refractivity contribution in [2.45, 2.75) is 98.6 Å². The maximum atomic E-state index is 5.03. The fourth-order valence-corrected chi connectivity index (χ4v) is 4.83. The van der Waals surface area contributed by atoms with E-state index in [0.717, 1.165) is 31.0 Å². The summed E-state index contributed by atoms with van der Waals surface area (Å²) in [7, 11) is 7.92. The van der Waals surface area contributed by atoms with E-state index in [-0.39, 0.29) is 16.5 Å². The third-order valence-electron chi connectivity index (χ3n) is 6.83. The predicted octanol–water partition coefficient (Wildman–Crippen LogP) is 8.13. The third kappa shape index (κ3) is 17.4. The molecule has 0 aliphatic carbocycles. The molecule has 2 aromatic carbocycles. The van der Waals surface area contributed by atoms with E-state index in [1.807, 2.05) is 74.4 Å². The van der Waals surface area contributed by atoms with Gasteiger partial charge in [0.2, 0.25) is 0 Å². The SMILES string of the molecule is CCCC[N+](CCCC)(CCCC)CCCC.CN(C)c1ccc([S-])c([S-])c1.CN(C)c1ccc([S-])c([S-])c1.[Ni+3]. The van der Waals surface area contributed by atoms with Crippen molar-refractivity contribution < 1.29 is 21.0 Å². The molecule has 40 heavy (non-hydrogen) atoms. The molecule has 0 spiro atoms. The van der Waals surface area contributed by atoms with Gasteiger partial charge in [0.15, 0.2) is 0 Å². The summed E-state index contributed by atoms with van der Waals surface area (Å²) in [4.78, 5) is 7.03. The van der Waals surface area contributed by atoms with Gasteiger partial charge in [-0.25, -0.2) is 0 Å². The van der Waals surface area contributed by atoms with Crippen LogP contribution in [0.15, 0.2) is 56.0 Å². The quantitative estimate of drug-likeness (QED) is 0.113. The van der Waals surface area contributed by atoms with Crippen molar-refractivity contribution in [3.8, 4) is 0 Å². The molecule has 0 saturated carbocycles. The molecule has 231 valence electrons. The second kappa shape index (κ2) is 23.9. The van der Waals surface area contributed by atoms with Crippen LogP contribution < -0.4 is 9.80 Å². The van der Waals surface area contributed by atoms with Crippen LogP contribution in [0.4, 0.5) is 11.4 Å². The van der Waals surface area contributed by atoms with Crippen LogP contribution >= 0.6 is 0 Å². The van der Waals surface area contributed by atoms with Crippen molar-refractivity contribution >= 4 is 61.9 Å². The molecule has 0 fully saturated rings. The Labute approximate surface area is 280 Å². The minimum atomic E-state index is 0. The van der Waals surface area contributed by atoms with Gasteiger partial charge in [-0.2, -0.15) is 19.6 Å². The van der Waals surface area contributed by atoms with Crippen molar-refractivity contribution in [1.82, 2.24) is 0 Å². The van der Waals surface area contributed by atoms with Crippen LogP contribution in [0.3, 0.4) is 0 Å². The smallest absolute Gasteiger partial charge is 0.781 e. The molecular formula is C32H54N3NiS4. The van der Waals surface area contributed by atoms with E-state index < -0.39 is 0 Å². The van der Waals surface area contributed by atoms with Gasteiger partial charge in [-0.1, -0.05) is 77.6 Å². The van der Waals surface area contributed by atoms with Gasteiger partial charge in [-0.15, -0.1) is 0 Å². The average molecular weight is 668 g/mol. The molecule has 0 unspecified atom stereocenters. The zero-order chi connectivity index (χ0) is 29.8. The van der Waals surface area contributed by atoms with Crippen LogP contribution in [-0.2, 0) is 67.0 Å². The molecule has 0 amide bonds. The van der Waals surface area contributed by atoms with Crippen LogP contribution in [0.5, 0.6) is 0 Å². The first-order valence-corrected chi connectivity index (χ1v) is 16.3. The molecule has 0 atom stereocenters. The third-order valence-corrected chi connectivity index (χ3v) is 8.48. The van der Waals surface area contributed by atoms with E-state index in [1.165, 1.54) is 82.0 Å². The number of unbranched alkanes of at least 4 members (excludes halogenated alkanes) is 4. The normalized spacial score (nSPS) is 10.4. The van der Waals surface area contributed by atoms with Gasteiger partial charge in [0.1, 0.15) is 0 Å². The molecule has 8 heteroatoms. The van der Waals surface area contributed by atoms with Crippen molar-refractivity contribution in [2.75, 3.05) is 64.2 Å². The summed E-state index contributed by atoms with van der Waals surface area (Å²) >= 11 is 20.0. The van der Waals surface area contributed by atoms with E-state index in [4.69, 9.17) is 50.5 Å². The van der Waals surface area contributed by atoms with Gasteiger partial charge >= 0.3 is 16.5 Å². The first-order valence-electron chi connectivity index (χ1n) is 14.6. The molecule has 1 radical (unpaired) electrons. The molecular weight excluding hydrogens is 613 g/mol. The molecule has 0 saturated heterocycles. The van der Waals surface area contributed by atoms with E-state index in [1.54, 1.807) is 0 Å². The summed E-state index contributed by atoms with van der Waals surface area (Å²) in [5.74, 6) is 0. The Morgan fingerprint density at radius 2 is 0.775 bits per heavy atom. The number of nitrogens with zero attached hydrogens (tertiary/aromatic N) is 3. The first-order chi connectivity index (χ1) is 18.5. The minimum absolute atomic E-state index is 0. The molecule has 0 N–H and O–H groups in total. The van der Waals surface area contributed by atoms with Crippen LogP contribution in [0.25, 0.3) is 0 Å². The van der Waals surface area contributed by atoms with Crippen LogP contribution in [-0.4, -0.2) is 58.9 Å². The van der Waals surface area contributed by atoms with Gasteiger partial charge in [-0.3, -0.25) is 0 Å². The second-order valence-electron chi connectivity index (χ2n) is 10.7. The Kier molecular flexibility index (Phi) is 24.8. The first kappa shape index (κ1) is 41.5. The molecule has 3 nitrogen and oxygen atoms in total. The number of hydrogen-bond donors (Lipinski definition) is 0. The van der Waals surface area contributed by atoms with Crippen molar-refractivity contribution in [1.29, 1.82) is 0 Å².